The number of quaternary nitrogens is 1. The van der Waals surface area contributed by atoms with Crippen molar-refractivity contribution in [3.8, 4) is 0 Å². The molecule has 3 aliphatic heterocycles. The molecule has 3 fully saturated rings. The maximum atomic E-state index is 13.1. The fourth-order valence-electron chi connectivity index (χ4n) is 4.83. The van der Waals surface area contributed by atoms with Crippen LogP contribution in [0.2, 0.25) is 0 Å². The van der Waals surface area contributed by atoms with Crippen LogP contribution in [0.5, 0.6) is 0 Å². The molecule has 3 aliphatic rings. The van der Waals surface area contributed by atoms with Crippen LogP contribution >= 0.6 is 22.7 Å². The smallest absolute Gasteiger partial charge is 0.349 e. The van der Waals surface area contributed by atoms with Gasteiger partial charge in [-0.3, -0.25) is 0 Å². The lowest BCUT2D eigenvalue weighted by atomic mass is 9.95. The average Bonchev–Trinajstić information content (AvgIpc) is 2.98. The predicted octanol–water partition coefficient (Wildman–Crippen LogP) is -0.650. The Balaban J connectivity index is 0.00000180. The highest BCUT2D eigenvalue weighted by atomic mass is 79.9. The van der Waals surface area contributed by atoms with Gasteiger partial charge in [-0.15, -0.1) is 22.7 Å². The Bertz CT molecular complexity index is 769. The number of epoxide rings is 1. The summed E-state index contributed by atoms with van der Waals surface area (Å²) in [4.78, 5) is 14.3. The molecular formula is C19H22BrNO4S2. The third-order valence-corrected chi connectivity index (χ3v) is 8.32. The number of carbonyl (C=O) groups excluding carboxylic acids is 1. The van der Waals surface area contributed by atoms with Crippen molar-refractivity contribution in [1.29, 1.82) is 0 Å². The molecule has 146 valence electrons. The molecule has 0 aliphatic carbocycles. The third kappa shape index (κ3) is 2.84. The summed E-state index contributed by atoms with van der Waals surface area (Å²) in [5.74, 6) is -0.561. The molecular weight excluding hydrogens is 450 g/mol. The Morgan fingerprint density at radius 1 is 1.15 bits per heavy atom. The van der Waals surface area contributed by atoms with Gasteiger partial charge in [-0.2, -0.15) is 0 Å². The Morgan fingerprint density at radius 3 is 2.11 bits per heavy atom. The van der Waals surface area contributed by atoms with Gasteiger partial charge in [0.05, 0.1) is 23.8 Å². The summed E-state index contributed by atoms with van der Waals surface area (Å²) in [7, 11) is 4.49. The second-order valence-corrected chi connectivity index (χ2v) is 9.89. The number of morpholine rings is 1. The van der Waals surface area contributed by atoms with Crippen molar-refractivity contribution in [3.63, 3.8) is 0 Å². The first kappa shape index (κ1) is 19.5. The number of nitrogens with zero attached hydrogens (tertiary/aromatic N) is 1. The number of piperidine rings is 1. The van der Waals surface area contributed by atoms with Gasteiger partial charge in [-0.1, -0.05) is 12.1 Å². The second kappa shape index (κ2) is 6.64. The van der Waals surface area contributed by atoms with Crippen LogP contribution < -0.4 is 17.0 Å². The van der Waals surface area contributed by atoms with Crippen molar-refractivity contribution in [2.24, 2.45) is 0 Å². The maximum Gasteiger partial charge on any atom is 0.349 e. The topological polar surface area (TPSA) is 59.1 Å². The summed E-state index contributed by atoms with van der Waals surface area (Å²) in [6.45, 7) is 0. The number of hydrogen-bond donors (Lipinski definition) is 1. The Morgan fingerprint density at radius 2 is 1.67 bits per heavy atom. The number of fused-ring (bicyclic) bond motifs is 5. The van der Waals surface area contributed by atoms with Gasteiger partial charge in [0.15, 0.2) is 0 Å². The van der Waals surface area contributed by atoms with E-state index >= 15 is 0 Å². The van der Waals surface area contributed by atoms with E-state index in [9.17, 15) is 9.90 Å². The quantitative estimate of drug-likeness (QED) is 0.365. The summed E-state index contributed by atoms with van der Waals surface area (Å²) in [5, 5.41) is 15.1. The zero-order valence-electron chi connectivity index (χ0n) is 15.1. The number of esters is 1. The molecule has 4 atom stereocenters. The standard InChI is InChI=1S/C19H22NO4S2.BrH/c1-20(2)12-9-11(10-13(20)17-16(12)24-17)23-18(21)19(22,14-5-3-7-25-14)15-6-4-8-26-15;/h3-8,11-13,16-17,22H,9-10H2,1-2H3;1H/q+1;/p-1/t12-,13-,16-,17-;/m0./s1. The molecule has 0 radical (unpaired) electrons. The van der Waals surface area contributed by atoms with Gasteiger partial charge in [0.2, 0.25) is 5.60 Å². The molecule has 0 amide bonds. The van der Waals surface area contributed by atoms with Crippen molar-refractivity contribution in [2.45, 2.75) is 48.8 Å². The van der Waals surface area contributed by atoms with Crippen LogP contribution in [0, 0.1) is 0 Å². The number of ether oxygens (including phenoxy) is 2. The molecule has 0 saturated carbocycles. The zero-order valence-corrected chi connectivity index (χ0v) is 18.3. The van der Waals surface area contributed by atoms with E-state index in [1.165, 1.54) is 22.7 Å². The SMILES string of the molecule is C[N+]1(C)[C@H]2CC(OC(=O)C(O)(c3cccs3)c3cccs3)C[C@H]1[C@@H]1O[C@H]12.[Br-]. The number of rotatable bonds is 4. The Labute approximate surface area is 176 Å². The zero-order chi connectivity index (χ0) is 18.1. The number of thiophene rings is 2. The summed E-state index contributed by atoms with van der Waals surface area (Å²) in [6.07, 6.45) is 2.05. The Kier molecular flexibility index (Phi) is 4.81. The van der Waals surface area contributed by atoms with Crippen LogP contribution in [0.15, 0.2) is 35.0 Å². The second-order valence-electron chi connectivity index (χ2n) is 7.99. The molecule has 0 aromatic carbocycles. The molecule has 2 bridgehead atoms. The molecule has 0 spiro atoms. The minimum absolute atomic E-state index is 0. The van der Waals surface area contributed by atoms with Crippen LogP contribution in [0.25, 0.3) is 0 Å². The molecule has 5 nitrogen and oxygen atoms in total. The fourth-order valence-corrected chi connectivity index (χ4v) is 6.54. The normalized spacial score (nSPS) is 33.1. The molecule has 5 heterocycles. The molecule has 5 rings (SSSR count). The molecule has 27 heavy (non-hydrogen) atoms. The van der Waals surface area contributed by atoms with E-state index in [0.717, 1.165) is 17.3 Å². The minimum Gasteiger partial charge on any atom is -1.00 e. The highest BCUT2D eigenvalue weighted by molar-refractivity contribution is 7.12. The first-order valence-electron chi connectivity index (χ1n) is 8.92. The largest absolute Gasteiger partial charge is 1.00 e. The summed E-state index contributed by atoms with van der Waals surface area (Å²) < 4.78 is 12.6. The monoisotopic (exact) mass is 471 g/mol. The van der Waals surface area contributed by atoms with E-state index in [-0.39, 0.29) is 23.1 Å². The number of likely N-dealkylation sites (N-methyl/N-ethyl adjacent to an activating group) is 1. The van der Waals surface area contributed by atoms with E-state index in [2.05, 4.69) is 14.1 Å². The van der Waals surface area contributed by atoms with Crippen LogP contribution in [-0.4, -0.2) is 60.0 Å². The summed E-state index contributed by atoms with van der Waals surface area (Å²) in [6, 6.07) is 8.01. The van der Waals surface area contributed by atoms with Gasteiger partial charge in [-0.25, -0.2) is 4.79 Å². The van der Waals surface area contributed by atoms with Crippen molar-refractivity contribution in [3.05, 3.63) is 44.8 Å². The third-order valence-electron chi connectivity index (χ3n) is 6.36. The van der Waals surface area contributed by atoms with Crippen LogP contribution in [0.1, 0.15) is 22.6 Å². The number of halogens is 1. The molecule has 0 unspecified atom stereocenters. The van der Waals surface area contributed by atoms with E-state index in [1.54, 1.807) is 12.1 Å². The van der Waals surface area contributed by atoms with Crippen molar-refractivity contribution < 1.29 is 40.8 Å². The van der Waals surface area contributed by atoms with Gasteiger partial charge in [0.1, 0.15) is 30.4 Å². The van der Waals surface area contributed by atoms with Crippen molar-refractivity contribution in [2.75, 3.05) is 14.1 Å². The van der Waals surface area contributed by atoms with E-state index in [0.29, 0.717) is 34.0 Å². The average molecular weight is 472 g/mol. The molecule has 1 N–H and O–H groups in total. The predicted molar refractivity (Wildman–Crippen MR) is 99.1 cm³/mol. The molecule has 3 saturated heterocycles. The van der Waals surface area contributed by atoms with Crippen LogP contribution in [0.4, 0.5) is 0 Å². The summed E-state index contributed by atoms with van der Waals surface area (Å²) >= 11 is 2.74. The number of aliphatic hydroxyl groups is 1. The van der Waals surface area contributed by atoms with E-state index in [4.69, 9.17) is 9.47 Å². The van der Waals surface area contributed by atoms with E-state index < -0.39 is 11.6 Å². The van der Waals surface area contributed by atoms with Crippen LogP contribution in [0.3, 0.4) is 0 Å². The van der Waals surface area contributed by atoms with Gasteiger partial charge in [0, 0.05) is 12.8 Å². The molecule has 2 aromatic rings. The number of hydrogen-bond acceptors (Lipinski definition) is 6. The minimum atomic E-state index is -1.72. The van der Waals surface area contributed by atoms with Crippen molar-refractivity contribution >= 4 is 28.6 Å². The van der Waals surface area contributed by atoms with Gasteiger partial charge < -0.3 is 36.0 Å². The van der Waals surface area contributed by atoms with Gasteiger partial charge >= 0.3 is 5.97 Å². The van der Waals surface area contributed by atoms with Gasteiger partial charge in [-0.05, 0) is 22.9 Å². The first-order chi connectivity index (χ1) is 12.4. The van der Waals surface area contributed by atoms with Crippen molar-refractivity contribution in [1.82, 2.24) is 0 Å². The Hall–Kier alpha value is -0.770. The fraction of sp³-hybridized carbons (Fsp3) is 0.526. The van der Waals surface area contributed by atoms with Crippen LogP contribution in [-0.2, 0) is 19.9 Å². The maximum absolute atomic E-state index is 13.1. The molecule has 8 heteroatoms. The summed E-state index contributed by atoms with van der Waals surface area (Å²) in [5.41, 5.74) is -1.72. The number of carbonyl (C=O) groups is 1. The highest BCUT2D eigenvalue weighted by Crippen LogP contribution is 2.52. The highest BCUT2D eigenvalue weighted by Gasteiger charge is 2.71. The lowest BCUT2D eigenvalue weighted by molar-refractivity contribution is -0.938. The first-order valence-corrected chi connectivity index (χ1v) is 10.7. The lowest BCUT2D eigenvalue weighted by Crippen LogP contribution is -3.00. The van der Waals surface area contributed by atoms with Gasteiger partial charge in [0.25, 0.3) is 0 Å². The molecule has 2 aromatic heterocycles. The van der Waals surface area contributed by atoms with E-state index in [1.807, 2.05) is 22.9 Å². The lowest BCUT2D eigenvalue weighted by Gasteiger charge is -2.45.